The van der Waals surface area contributed by atoms with Crippen LogP contribution in [0.3, 0.4) is 0 Å². The Kier molecular flexibility index (Phi) is 60.6. The standard InChI is InChI=1S/CF3.CH2O3.3Li/c2*2-1(3)4;;;/h;(H2,2,3,4);;;/q-1;;3*+1/p-2. The second kappa shape index (κ2) is 22.4. The van der Waals surface area contributed by atoms with Crippen LogP contribution in [0, 0.1) is 6.68 Å². The van der Waals surface area contributed by atoms with Gasteiger partial charge >= 0.3 is 56.6 Å². The molecule has 0 saturated heterocycles. The SMILES string of the molecule is F[C-](F)F.O=C([O-])[O-].[Li+].[Li+].[Li+]. The maximum Gasteiger partial charge on any atom is 1.00 e. The van der Waals surface area contributed by atoms with Gasteiger partial charge in [0.2, 0.25) is 0 Å². The summed E-state index contributed by atoms with van der Waals surface area (Å²) in [7, 11) is 0. The van der Waals surface area contributed by atoms with Crippen LogP contribution >= 0.6 is 0 Å². The van der Waals surface area contributed by atoms with Crippen molar-refractivity contribution in [3.63, 3.8) is 0 Å². The first-order valence-electron chi connectivity index (χ1n) is 1.18. The van der Waals surface area contributed by atoms with Crippen molar-refractivity contribution in [2.75, 3.05) is 0 Å². The number of hydrogen-bond acceptors (Lipinski definition) is 3. The second-order valence-electron chi connectivity index (χ2n) is 0.464. The predicted molar refractivity (Wildman–Crippen MR) is 12.0 cm³/mol. The molecule has 0 unspecified atom stereocenters. The quantitative estimate of drug-likeness (QED) is 0.254. The van der Waals surface area contributed by atoms with Crippen molar-refractivity contribution in [2.24, 2.45) is 0 Å². The molecule has 0 aliphatic heterocycles. The van der Waals surface area contributed by atoms with Crippen molar-refractivity contribution in [3.8, 4) is 0 Å². The molecule has 0 heterocycles. The van der Waals surface area contributed by atoms with Crippen LogP contribution in [0.5, 0.6) is 0 Å². The smallest absolute Gasteiger partial charge is 0.652 e. The zero-order valence-corrected chi connectivity index (χ0v) is 6.36. The number of carbonyl (C=O) groups excluding carboxylic acids is 1. The fourth-order valence-corrected chi connectivity index (χ4v) is 0. The first-order valence-corrected chi connectivity index (χ1v) is 1.18. The van der Waals surface area contributed by atoms with Crippen LogP contribution in [-0.2, 0) is 0 Å². The van der Waals surface area contributed by atoms with Crippen molar-refractivity contribution >= 4 is 6.16 Å². The Labute approximate surface area is 97.2 Å². The van der Waals surface area contributed by atoms with Crippen LogP contribution in [0.4, 0.5) is 18.0 Å². The van der Waals surface area contributed by atoms with Gasteiger partial charge in [-0.2, -0.15) is 0 Å². The summed E-state index contributed by atoms with van der Waals surface area (Å²) < 4.78 is 28.8. The van der Waals surface area contributed by atoms with Crippen LogP contribution in [0.1, 0.15) is 0 Å². The molecule has 0 spiro atoms. The van der Waals surface area contributed by atoms with Crippen molar-refractivity contribution in [1.29, 1.82) is 0 Å². The average molecular weight is 150 g/mol. The second-order valence-corrected chi connectivity index (χ2v) is 0.464. The maximum atomic E-state index is 9.58. The number of rotatable bonds is 0. The van der Waals surface area contributed by atoms with Gasteiger partial charge in [-0.1, -0.05) is 0 Å². The predicted octanol–water partition coefficient (Wildman–Crippen LogP) is -10.1. The van der Waals surface area contributed by atoms with Crippen LogP contribution in [0.2, 0.25) is 0 Å². The van der Waals surface area contributed by atoms with E-state index in [9.17, 15) is 13.2 Å². The number of carbonyl (C=O) groups is 1. The Morgan fingerprint density at radius 1 is 1.00 bits per heavy atom. The van der Waals surface area contributed by atoms with Gasteiger partial charge in [-0.3, -0.25) is 0 Å². The van der Waals surface area contributed by atoms with Gasteiger partial charge in [0.25, 0.3) is 0 Å². The molecule has 3 nitrogen and oxygen atoms in total. The number of halogens is 3. The van der Waals surface area contributed by atoms with Gasteiger partial charge in [0.1, 0.15) is 0 Å². The summed E-state index contributed by atoms with van der Waals surface area (Å²) in [4.78, 5) is 8.33. The molecule has 0 amide bonds. The van der Waals surface area contributed by atoms with Gasteiger partial charge in [-0.25, -0.2) is 0 Å². The summed E-state index contributed by atoms with van der Waals surface area (Å²) in [5, 5.41) is 16.7. The molecule has 0 aliphatic carbocycles. The first-order chi connectivity index (χ1) is 3.46. The molecule has 0 aromatic heterocycles. The molecule has 9 heteroatoms. The van der Waals surface area contributed by atoms with Crippen LogP contribution < -0.4 is 66.8 Å². The monoisotopic (exact) mass is 150 g/mol. The third-order valence-electron chi connectivity index (χ3n) is 0. The molecule has 0 saturated carbocycles. The van der Waals surface area contributed by atoms with E-state index in [1.54, 1.807) is 0 Å². The Hall–Kier alpha value is 0.852. The van der Waals surface area contributed by atoms with E-state index >= 15 is 0 Å². The molecule has 0 aromatic carbocycles. The Morgan fingerprint density at radius 3 is 1.00 bits per heavy atom. The Morgan fingerprint density at radius 2 is 1.00 bits per heavy atom. The van der Waals surface area contributed by atoms with Crippen molar-refractivity contribution in [2.45, 2.75) is 0 Å². The fraction of sp³-hybridized carbons (Fsp3) is 0. The van der Waals surface area contributed by atoms with Crippen LogP contribution in [-0.4, -0.2) is 6.16 Å². The zero-order chi connectivity index (χ0) is 7.15. The molecule has 0 radical (unpaired) electrons. The van der Waals surface area contributed by atoms with Crippen molar-refractivity contribution in [3.05, 3.63) is 6.68 Å². The molecule has 0 fully saturated rings. The molecule has 0 bridgehead atoms. The summed E-state index contributed by atoms with van der Waals surface area (Å²) in [5.41, 5.74) is 0. The van der Waals surface area contributed by atoms with E-state index < -0.39 is 12.8 Å². The summed E-state index contributed by atoms with van der Waals surface area (Å²) in [6.07, 6.45) is -2.33. The third-order valence-corrected chi connectivity index (χ3v) is 0. The molecule has 0 N–H and O–H groups in total. The van der Waals surface area contributed by atoms with E-state index in [4.69, 9.17) is 15.0 Å². The average Bonchev–Trinajstić information content (AvgIpc) is 1.25. The normalized spacial score (nSPS) is 5.45. The number of hydrogen-bond donors (Lipinski definition) is 0. The molecule has 50 valence electrons. The summed E-state index contributed by atoms with van der Waals surface area (Å²) in [6, 6.07) is 0. The molecule has 0 aliphatic rings. The van der Waals surface area contributed by atoms with E-state index in [1.807, 2.05) is 0 Å². The third kappa shape index (κ3) is 1170. The van der Waals surface area contributed by atoms with E-state index in [1.165, 1.54) is 0 Å². The first kappa shape index (κ1) is 29.7. The molecular weight excluding hydrogens is 150 g/mol. The van der Waals surface area contributed by atoms with Gasteiger partial charge in [-0.05, 0) is 6.16 Å². The minimum absolute atomic E-state index is 0. The fourth-order valence-electron chi connectivity index (χ4n) is 0. The van der Waals surface area contributed by atoms with E-state index in [2.05, 4.69) is 0 Å². The minimum atomic E-state index is -3.08. The van der Waals surface area contributed by atoms with Gasteiger partial charge in [0.15, 0.2) is 6.68 Å². The molecule has 0 aromatic rings. The summed E-state index contributed by atoms with van der Waals surface area (Å²) >= 11 is 0. The zero-order valence-electron chi connectivity index (χ0n) is 6.36. The van der Waals surface area contributed by atoms with Gasteiger partial charge in [0, 0.05) is 0 Å². The molecule has 0 rings (SSSR count). The van der Waals surface area contributed by atoms with E-state index in [-0.39, 0.29) is 56.6 Å². The maximum absolute atomic E-state index is 9.58. The molecule has 11 heavy (non-hydrogen) atoms. The molecular formula is C2F3Li3O3. The minimum Gasteiger partial charge on any atom is -0.652 e. The van der Waals surface area contributed by atoms with Crippen LogP contribution in [0.15, 0.2) is 0 Å². The van der Waals surface area contributed by atoms with Crippen LogP contribution in [0.25, 0.3) is 0 Å². The van der Waals surface area contributed by atoms with Gasteiger partial charge < -0.3 is 28.2 Å². The van der Waals surface area contributed by atoms with Gasteiger partial charge in [0.05, 0.1) is 0 Å². The number of carboxylic acid groups (broad SMARTS) is 2. The van der Waals surface area contributed by atoms with Crippen molar-refractivity contribution < 1.29 is 84.8 Å². The summed E-state index contributed by atoms with van der Waals surface area (Å²) in [6.45, 7) is -3.08. The summed E-state index contributed by atoms with van der Waals surface area (Å²) in [5.74, 6) is 0. The Balaban J connectivity index is -0.0000000171. The largest absolute Gasteiger partial charge is 1.00 e. The Bertz CT molecular complexity index is 66.1. The van der Waals surface area contributed by atoms with Gasteiger partial charge in [-0.15, -0.1) is 0 Å². The van der Waals surface area contributed by atoms with E-state index in [0.29, 0.717) is 0 Å². The van der Waals surface area contributed by atoms with Crippen molar-refractivity contribution in [1.82, 2.24) is 0 Å². The van der Waals surface area contributed by atoms with E-state index in [0.717, 1.165) is 0 Å². The molecule has 0 atom stereocenters. The topological polar surface area (TPSA) is 63.2 Å².